The number of carbonyl (C=O) groups is 1. The predicted octanol–water partition coefficient (Wildman–Crippen LogP) is 4.80. The van der Waals surface area contributed by atoms with Gasteiger partial charge >= 0.3 is 6.18 Å². The first-order valence-electron chi connectivity index (χ1n) is 10.6. The summed E-state index contributed by atoms with van der Waals surface area (Å²) in [5.41, 5.74) is 2.31. The first kappa shape index (κ1) is 22.0. The van der Waals surface area contributed by atoms with Crippen molar-refractivity contribution in [2.24, 2.45) is 5.92 Å². The van der Waals surface area contributed by atoms with E-state index in [0.717, 1.165) is 28.2 Å². The van der Waals surface area contributed by atoms with Crippen LogP contribution >= 0.6 is 0 Å². The van der Waals surface area contributed by atoms with Gasteiger partial charge in [-0.05, 0) is 50.5 Å². The average Bonchev–Trinajstić information content (AvgIpc) is 2.77. The number of hydrogen-bond donors (Lipinski definition) is 1. The van der Waals surface area contributed by atoms with Crippen molar-refractivity contribution < 1.29 is 18.0 Å². The van der Waals surface area contributed by atoms with E-state index in [1.807, 2.05) is 26.0 Å². The third-order valence-electron chi connectivity index (χ3n) is 5.95. The Morgan fingerprint density at radius 1 is 1.09 bits per heavy atom. The number of rotatable bonds is 4. The van der Waals surface area contributed by atoms with Crippen molar-refractivity contribution in [1.82, 2.24) is 15.3 Å². The standard InChI is InChI=1S/C24H25F3N4O/c1-15-7-8-21-19(13-15)16(2)29-23(30-21)31-11-9-17(10-12-31)22(32)28-14-18-5-3-4-6-20(18)24(25,26)27/h3-8,13,17H,9-12,14H2,1-2H3,(H,28,32). The van der Waals surface area contributed by atoms with E-state index in [4.69, 9.17) is 0 Å². The number of nitrogens with one attached hydrogen (secondary N) is 1. The fraction of sp³-hybridized carbons (Fsp3) is 0.375. The molecule has 4 rings (SSSR count). The number of benzene rings is 2. The van der Waals surface area contributed by atoms with Gasteiger partial charge in [-0.25, -0.2) is 9.97 Å². The van der Waals surface area contributed by atoms with Gasteiger partial charge in [0.15, 0.2) is 0 Å². The Morgan fingerprint density at radius 3 is 2.53 bits per heavy atom. The second kappa shape index (κ2) is 8.76. The Balaban J connectivity index is 1.38. The molecule has 1 saturated heterocycles. The summed E-state index contributed by atoms with van der Waals surface area (Å²) in [6.45, 7) is 5.10. The summed E-state index contributed by atoms with van der Waals surface area (Å²) in [4.78, 5) is 24.0. The summed E-state index contributed by atoms with van der Waals surface area (Å²) < 4.78 is 39.4. The summed E-state index contributed by atoms with van der Waals surface area (Å²) in [5.74, 6) is 0.193. The molecule has 0 saturated carbocycles. The lowest BCUT2D eigenvalue weighted by atomic mass is 9.96. The van der Waals surface area contributed by atoms with Crippen LogP contribution in [0.2, 0.25) is 0 Å². The Bertz CT molecular complexity index is 1140. The van der Waals surface area contributed by atoms with Crippen LogP contribution in [0.15, 0.2) is 42.5 Å². The summed E-state index contributed by atoms with van der Waals surface area (Å²) in [7, 11) is 0. The molecule has 0 aliphatic carbocycles. The van der Waals surface area contributed by atoms with Crippen LogP contribution < -0.4 is 10.2 Å². The highest BCUT2D eigenvalue weighted by atomic mass is 19.4. The van der Waals surface area contributed by atoms with Crippen LogP contribution in [0.3, 0.4) is 0 Å². The van der Waals surface area contributed by atoms with E-state index >= 15 is 0 Å². The van der Waals surface area contributed by atoms with Crippen molar-refractivity contribution in [3.05, 3.63) is 64.8 Å². The summed E-state index contributed by atoms with van der Waals surface area (Å²) in [6, 6.07) is 11.4. The largest absolute Gasteiger partial charge is 0.416 e. The van der Waals surface area contributed by atoms with E-state index in [-0.39, 0.29) is 23.9 Å². The highest BCUT2D eigenvalue weighted by Crippen LogP contribution is 2.32. The van der Waals surface area contributed by atoms with Crippen LogP contribution in [0.5, 0.6) is 0 Å². The zero-order valence-corrected chi connectivity index (χ0v) is 18.0. The number of hydrogen-bond acceptors (Lipinski definition) is 4. The zero-order valence-electron chi connectivity index (χ0n) is 18.0. The third kappa shape index (κ3) is 4.69. The van der Waals surface area contributed by atoms with Gasteiger partial charge < -0.3 is 10.2 Å². The fourth-order valence-corrected chi connectivity index (χ4v) is 4.14. The van der Waals surface area contributed by atoms with Gasteiger partial charge in [-0.3, -0.25) is 4.79 Å². The monoisotopic (exact) mass is 442 g/mol. The number of aromatic nitrogens is 2. The van der Waals surface area contributed by atoms with Gasteiger partial charge in [0.05, 0.1) is 16.8 Å². The molecular formula is C24H25F3N4O. The number of nitrogens with zero attached hydrogens (tertiary/aromatic N) is 3. The Hall–Kier alpha value is -3.16. The number of halogens is 3. The maximum Gasteiger partial charge on any atom is 0.416 e. The van der Waals surface area contributed by atoms with Crippen LogP contribution in [0.4, 0.5) is 19.1 Å². The van der Waals surface area contributed by atoms with Crippen molar-refractivity contribution in [2.45, 2.75) is 39.4 Å². The van der Waals surface area contributed by atoms with Gasteiger partial charge in [-0.1, -0.05) is 29.8 Å². The first-order chi connectivity index (χ1) is 15.2. The Labute approximate surface area is 184 Å². The molecule has 1 aromatic heterocycles. The molecule has 1 aliphatic rings. The molecule has 0 unspecified atom stereocenters. The number of alkyl halides is 3. The number of amides is 1. The number of anilines is 1. The van der Waals surface area contributed by atoms with Crippen LogP contribution in [0.25, 0.3) is 10.9 Å². The van der Waals surface area contributed by atoms with E-state index in [1.54, 1.807) is 6.07 Å². The maximum absolute atomic E-state index is 13.1. The molecular weight excluding hydrogens is 417 g/mol. The van der Waals surface area contributed by atoms with E-state index in [9.17, 15) is 18.0 Å². The molecule has 1 N–H and O–H groups in total. The molecule has 1 fully saturated rings. The van der Waals surface area contributed by atoms with Crippen molar-refractivity contribution in [3.8, 4) is 0 Å². The number of carbonyl (C=O) groups excluding carboxylic acids is 1. The Morgan fingerprint density at radius 2 is 1.81 bits per heavy atom. The quantitative estimate of drug-likeness (QED) is 0.631. The van der Waals surface area contributed by atoms with Gasteiger partial charge in [0, 0.05) is 30.9 Å². The fourth-order valence-electron chi connectivity index (χ4n) is 4.14. The molecule has 8 heteroatoms. The molecule has 3 aromatic rings. The zero-order chi connectivity index (χ0) is 22.9. The minimum Gasteiger partial charge on any atom is -0.352 e. The van der Waals surface area contributed by atoms with Crippen LogP contribution in [-0.2, 0) is 17.5 Å². The van der Waals surface area contributed by atoms with Gasteiger partial charge in [0.25, 0.3) is 0 Å². The van der Waals surface area contributed by atoms with Crippen LogP contribution in [0.1, 0.15) is 35.2 Å². The van der Waals surface area contributed by atoms with Gasteiger partial charge in [-0.15, -0.1) is 0 Å². The summed E-state index contributed by atoms with van der Waals surface area (Å²) >= 11 is 0. The number of piperidine rings is 1. The minimum atomic E-state index is -4.44. The minimum absolute atomic E-state index is 0.0704. The van der Waals surface area contributed by atoms with Crippen LogP contribution in [0, 0.1) is 19.8 Å². The molecule has 0 atom stereocenters. The van der Waals surface area contributed by atoms with Crippen molar-refractivity contribution in [3.63, 3.8) is 0 Å². The van der Waals surface area contributed by atoms with E-state index < -0.39 is 11.7 Å². The average molecular weight is 442 g/mol. The number of fused-ring (bicyclic) bond motifs is 1. The van der Waals surface area contributed by atoms with Crippen molar-refractivity contribution >= 4 is 22.8 Å². The van der Waals surface area contributed by atoms with Crippen molar-refractivity contribution in [1.29, 1.82) is 0 Å². The Kier molecular flexibility index (Phi) is 6.04. The molecule has 0 radical (unpaired) electrons. The van der Waals surface area contributed by atoms with Gasteiger partial charge in [0.2, 0.25) is 11.9 Å². The van der Waals surface area contributed by atoms with E-state index in [1.165, 1.54) is 12.1 Å². The van der Waals surface area contributed by atoms with Gasteiger partial charge in [-0.2, -0.15) is 13.2 Å². The van der Waals surface area contributed by atoms with E-state index in [2.05, 4.69) is 26.3 Å². The second-order valence-corrected chi connectivity index (χ2v) is 8.26. The molecule has 0 bridgehead atoms. The lowest BCUT2D eigenvalue weighted by Gasteiger charge is -2.31. The molecule has 1 amide bonds. The van der Waals surface area contributed by atoms with E-state index in [0.29, 0.717) is 31.9 Å². The highest BCUT2D eigenvalue weighted by molar-refractivity contribution is 5.82. The lowest BCUT2D eigenvalue weighted by molar-refractivity contribution is -0.138. The molecule has 2 heterocycles. The smallest absolute Gasteiger partial charge is 0.352 e. The molecule has 0 spiro atoms. The van der Waals surface area contributed by atoms with Crippen LogP contribution in [-0.4, -0.2) is 29.0 Å². The number of aryl methyl sites for hydroxylation is 2. The topological polar surface area (TPSA) is 58.1 Å². The molecule has 32 heavy (non-hydrogen) atoms. The molecule has 1 aliphatic heterocycles. The normalized spacial score (nSPS) is 15.2. The van der Waals surface area contributed by atoms with Gasteiger partial charge in [0.1, 0.15) is 0 Å². The van der Waals surface area contributed by atoms with Crippen molar-refractivity contribution in [2.75, 3.05) is 18.0 Å². The second-order valence-electron chi connectivity index (χ2n) is 8.26. The molecule has 5 nitrogen and oxygen atoms in total. The summed E-state index contributed by atoms with van der Waals surface area (Å²) in [6.07, 6.45) is -3.24. The molecule has 168 valence electrons. The lowest BCUT2D eigenvalue weighted by Crippen LogP contribution is -2.41. The maximum atomic E-state index is 13.1. The molecule has 2 aromatic carbocycles. The highest BCUT2D eigenvalue weighted by Gasteiger charge is 2.33. The first-order valence-corrected chi connectivity index (χ1v) is 10.6. The summed E-state index contributed by atoms with van der Waals surface area (Å²) in [5, 5.41) is 3.72. The third-order valence-corrected chi connectivity index (χ3v) is 5.95. The predicted molar refractivity (Wildman–Crippen MR) is 117 cm³/mol. The SMILES string of the molecule is Cc1ccc2nc(N3CCC(C(=O)NCc4ccccc4C(F)(F)F)CC3)nc(C)c2c1.